The molecule has 1 aromatic carbocycles. The van der Waals surface area contributed by atoms with Crippen LogP contribution >= 0.6 is 22.9 Å². The van der Waals surface area contributed by atoms with Crippen LogP contribution in [0.25, 0.3) is 10.9 Å². The zero-order chi connectivity index (χ0) is 13.9. The van der Waals surface area contributed by atoms with E-state index in [-0.39, 0.29) is 5.91 Å². The maximum absolute atomic E-state index is 11.9. The number of fused-ring (bicyclic) bond motifs is 1. The lowest BCUT2D eigenvalue weighted by Crippen LogP contribution is -2.11. The van der Waals surface area contributed by atoms with Crippen LogP contribution in [0.2, 0.25) is 5.02 Å². The fourth-order valence-corrected chi connectivity index (χ4v) is 3.04. The summed E-state index contributed by atoms with van der Waals surface area (Å²) >= 11 is 7.43. The first-order chi connectivity index (χ1) is 9.70. The highest BCUT2D eigenvalue weighted by Crippen LogP contribution is 2.21. The van der Waals surface area contributed by atoms with E-state index in [1.54, 1.807) is 17.5 Å². The minimum Gasteiger partial charge on any atom is -0.326 e. The lowest BCUT2D eigenvalue weighted by atomic mass is 10.2. The molecule has 0 fully saturated rings. The Kier molecular flexibility index (Phi) is 3.71. The molecule has 0 aliphatic carbocycles. The van der Waals surface area contributed by atoms with Crippen LogP contribution in [-0.2, 0) is 11.2 Å². The van der Waals surface area contributed by atoms with Crippen LogP contribution in [0.1, 0.15) is 11.3 Å². The zero-order valence-corrected chi connectivity index (χ0v) is 12.1. The number of aromatic amines is 1. The summed E-state index contributed by atoms with van der Waals surface area (Å²) in [7, 11) is 0. The SMILES string of the molecule is O=C(CCc1cc(Cl)cs1)Nc1ccc2cn[nH]c2c1. The molecule has 4 nitrogen and oxygen atoms in total. The Bertz CT molecular complexity index is 750. The summed E-state index contributed by atoms with van der Waals surface area (Å²) in [4.78, 5) is 13.0. The van der Waals surface area contributed by atoms with Gasteiger partial charge in [0.15, 0.2) is 0 Å². The van der Waals surface area contributed by atoms with Crippen molar-refractivity contribution in [2.75, 3.05) is 5.32 Å². The lowest BCUT2D eigenvalue weighted by Gasteiger charge is -2.04. The molecule has 3 aromatic rings. The third-order valence-corrected chi connectivity index (χ3v) is 4.29. The monoisotopic (exact) mass is 305 g/mol. The largest absolute Gasteiger partial charge is 0.326 e. The van der Waals surface area contributed by atoms with E-state index in [2.05, 4.69) is 15.5 Å². The second kappa shape index (κ2) is 5.64. The highest BCUT2D eigenvalue weighted by Gasteiger charge is 2.06. The molecule has 20 heavy (non-hydrogen) atoms. The summed E-state index contributed by atoms with van der Waals surface area (Å²) in [6.45, 7) is 0. The van der Waals surface area contributed by atoms with Crippen molar-refractivity contribution in [1.29, 1.82) is 0 Å². The first-order valence-corrected chi connectivity index (χ1v) is 7.42. The van der Waals surface area contributed by atoms with Gasteiger partial charge in [0.05, 0.1) is 16.7 Å². The molecule has 0 aliphatic heterocycles. The van der Waals surface area contributed by atoms with Crippen LogP contribution in [0.3, 0.4) is 0 Å². The summed E-state index contributed by atoms with van der Waals surface area (Å²) < 4.78 is 0. The normalized spacial score (nSPS) is 10.8. The first-order valence-electron chi connectivity index (χ1n) is 6.16. The maximum atomic E-state index is 11.9. The molecule has 0 aliphatic rings. The Labute approximate surface area is 124 Å². The van der Waals surface area contributed by atoms with Crippen LogP contribution < -0.4 is 5.32 Å². The van der Waals surface area contributed by atoms with Gasteiger partial charge in [-0.05, 0) is 30.7 Å². The number of thiophene rings is 1. The minimum absolute atomic E-state index is 0.00612. The average molecular weight is 306 g/mol. The number of benzene rings is 1. The molecule has 0 bridgehead atoms. The molecule has 2 N–H and O–H groups in total. The number of carbonyl (C=O) groups is 1. The Balaban J connectivity index is 1.60. The van der Waals surface area contributed by atoms with E-state index < -0.39 is 0 Å². The van der Waals surface area contributed by atoms with E-state index in [0.717, 1.165) is 26.5 Å². The fraction of sp³-hybridized carbons (Fsp3) is 0.143. The Morgan fingerprint density at radius 1 is 1.40 bits per heavy atom. The van der Waals surface area contributed by atoms with Gasteiger partial charge in [0.2, 0.25) is 5.91 Å². The second-order valence-corrected chi connectivity index (χ2v) is 5.88. The van der Waals surface area contributed by atoms with Gasteiger partial charge in [0, 0.05) is 27.8 Å². The summed E-state index contributed by atoms with van der Waals surface area (Å²) in [5.41, 5.74) is 1.68. The Hall–Kier alpha value is -1.85. The van der Waals surface area contributed by atoms with Crippen LogP contribution in [0.4, 0.5) is 5.69 Å². The highest BCUT2D eigenvalue weighted by atomic mass is 35.5. The van der Waals surface area contributed by atoms with Gasteiger partial charge in [-0.1, -0.05) is 11.6 Å². The second-order valence-electron chi connectivity index (χ2n) is 4.45. The van der Waals surface area contributed by atoms with Crippen molar-refractivity contribution in [3.8, 4) is 0 Å². The van der Waals surface area contributed by atoms with Crippen LogP contribution in [-0.4, -0.2) is 16.1 Å². The topological polar surface area (TPSA) is 57.8 Å². The number of hydrogen-bond acceptors (Lipinski definition) is 3. The summed E-state index contributed by atoms with van der Waals surface area (Å²) in [6, 6.07) is 7.57. The van der Waals surface area contributed by atoms with E-state index in [9.17, 15) is 4.79 Å². The minimum atomic E-state index is -0.00612. The fourth-order valence-electron chi connectivity index (χ4n) is 1.96. The van der Waals surface area contributed by atoms with Crippen molar-refractivity contribution in [2.45, 2.75) is 12.8 Å². The van der Waals surface area contributed by atoms with Crippen molar-refractivity contribution in [2.24, 2.45) is 0 Å². The van der Waals surface area contributed by atoms with Gasteiger partial charge in [-0.25, -0.2) is 0 Å². The van der Waals surface area contributed by atoms with Crippen LogP contribution in [0.15, 0.2) is 35.8 Å². The van der Waals surface area contributed by atoms with Gasteiger partial charge in [0.1, 0.15) is 0 Å². The molecule has 0 atom stereocenters. The maximum Gasteiger partial charge on any atom is 0.224 e. The third-order valence-electron chi connectivity index (χ3n) is 2.95. The molecule has 6 heteroatoms. The van der Waals surface area contributed by atoms with E-state index in [0.29, 0.717) is 12.8 Å². The number of aryl methyl sites for hydroxylation is 1. The number of nitrogens with zero attached hydrogens (tertiary/aromatic N) is 1. The number of H-pyrrole nitrogens is 1. The molecule has 2 heterocycles. The van der Waals surface area contributed by atoms with Gasteiger partial charge < -0.3 is 5.32 Å². The molecule has 0 saturated carbocycles. The molecule has 3 rings (SSSR count). The molecule has 0 radical (unpaired) electrons. The van der Waals surface area contributed by atoms with Gasteiger partial charge in [-0.15, -0.1) is 11.3 Å². The number of amides is 1. The van der Waals surface area contributed by atoms with Crippen molar-refractivity contribution in [3.05, 3.63) is 45.7 Å². The number of halogens is 1. The van der Waals surface area contributed by atoms with Crippen molar-refractivity contribution in [1.82, 2.24) is 10.2 Å². The van der Waals surface area contributed by atoms with Gasteiger partial charge >= 0.3 is 0 Å². The van der Waals surface area contributed by atoms with Gasteiger partial charge in [-0.3, -0.25) is 9.89 Å². The summed E-state index contributed by atoms with van der Waals surface area (Å²) in [5, 5.41) is 13.3. The number of rotatable bonds is 4. The molecule has 0 saturated heterocycles. The lowest BCUT2D eigenvalue weighted by molar-refractivity contribution is -0.116. The zero-order valence-electron chi connectivity index (χ0n) is 10.5. The number of aromatic nitrogens is 2. The predicted octanol–water partition coefficient (Wildman–Crippen LogP) is 3.85. The first kappa shape index (κ1) is 13.1. The molecular weight excluding hydrogens is 294 g/mol. The van der Waals surface area contributed by atoms with Gasteiger partial charge in [-0.2, -0.15) is 5.10 Å². The summed E-state index contributed by atoms with van der Waals surface area (Å²) in [5.74, 6) is -0.00612. The number of anilines is 1. The molecule has 0 spiro atoms. The van der Waals surface area contributed by atoms with Crippen molar-refractivity contribution < 1.29 is 4.79 Å². The molecule has 2 aromatic heterocycles. The van der Waals surface area contributed by atoms with Gasteiger partial charge in [0.25, 0.3) is 0 Å². The number of carbonyl (C=O) groups excluding carboxylic acids is 1. The molecular formula is C14H12ClN3OS. The smallest absolute Gasteiger partial charge is 0.224 e. The van der Waals surface area contributed by atoms with Crippen LogP contribution in [0.5, 0.6) is 0 Å². The predicted molar refractivity (Wildman–Crippen MR) is 82.4 cm³/mol. The molecule has 102 valence electrons. The van der Waals surface area contributed by atoms with E-state index in [1.165, 1.54) is 0 Å². The van der Waals surface area contributed by atoms with E-state index in [4.69, 9.17) is 11.6 Å². The van der Waals surface area contributed by atoms with Crippen LogP contribution in [0, 0.1) is 0 Å². The Morgan fingerprint density at radius 3 is 3.10 bits per heavy atom. The Morgan fingerprint density at radius 2 is 2.30 bits per heavy atom. The standard InChI is InChI=1S/C14H12ClN3OS/c15-10-5-12(20-8-10)3-4-14(19)17-11-2-1-9-7-16-18-13(9)6-11/h1-2,5-8H,3-4H2,(H,16,18)(H,17,19). The van der Waals surface area contributed by atoms with Crippen molar-refractivity contribution >= 4 is 45.4 Å². The third kappa shape index (κ3) is 3.00. The average Bonchev–Trinajstić information content (AvgIpc) is 3.04. The highest BCUT2D eigenvalue weighted by molar-refractivity contribution is 7.10. The van der Waals surface area contributed by atoms with E-state index in [1.807, 2.05) is 29.6 Å². The molecule has 0 unspecified atom stereocenters. The summed E-state index contributed by atoms with van der Waals surface area (Å²) in [6.07, 6.45) is 2.90. The quantitative estimate of drug-likeness (QED) is 0.769. The van der Waals surface area contributed by atoms with E-state index >= 15 is 0 Å². The number of hydrogen-bond donors (Lipinski definition) is 2. The molecule has 1 amide bonds. The van der Waals surface area contributed by atoms with Crippen molar-refractivity contribution in [3.63, 3.8) is 0 Å². The number of nitrogens with one attached hydrogen (secondary N) is 2.